The van der Waals surface area contributed by atoms with E-state index >= 15 is 0 Å². The molecule has 8 heteroatoms. The Kier molecular flexibility index (Phi) is 6.47. The van der Waals surface area contributed by atoms with Crippen molar-refractivity contribution in [1.82, 2.24) is 10.9 Å². The van der Waals surface area contributed by atoms with E-state index in [9.17, 15) is 14.0 Å². The number of nitrogens with one attached hydrogen (secondary N) is 2. The number of hydrogen-bond acceptors (Lipinski definition) is 5. The van der Waals surface area contributed by atoms with Crippen LogP contribution in [0.25, 0.3) is 11.3 Å². The zero-order chi connectivity index (χ0) is 20.6. The van der Waals surface area contributed by atoms with Crippen molar-refractivity contribution in [2.45, 2.75) is 6.92 Å². The van der Waals surface area contributed by atoms with Gasteiger partial charge in [0, 0.05) is 5.56 Å². The largest absolute Gasteiger partial charge is 0.490 e. The molecule has 0 bridgehead atoms. The highest BCUT2D eigenvalue weighted by atomic mass is 19.1. The van der Waals surface area contributed by atoms with Crippen molar-refractivity contribution in [2.24, 2.45) is 0 Å². The van der Waals surface area contributed by atoms with Crippen LogP contribution in [0.15, 0.2) is 65.1 Å². The van der Waals surface area contributed by atoms with E-state index in [1.807, 2.05) is 6.92 Å². The minimum atomic E-state index is -0.638. The van der Waals surface area contributed by atoms with E-state index in [4.69, 9.17) is 13.9 Å². The van der Waals surface area contributed by atoms with Crippen LogP contribution in [-0.2, 0) is 4.79 Å². The molecule has 0 fully saturated rings. The lowest BCUT2D eigenvalue weighted by Gasteiger charge is -2.11. The van der Waals surface area contributed by atoms with Gasteiger partial charge >= 0.3 is 5.91 Å². The van der Waals surface area contributed by atoms with Crippen LogP contribution in [0.4, 0.5) is 4.39 Å². The van der Waals surface area contributed by atoms with E-state index in [1.165, 1.54) is 30.3 Å². The normalized spacial score (nSPS) is 10.3. The molecule has 150 valence electrons. The second-order valence-electron chi connectivity index (χ2n) is 5.84. The van der Waals surface area contributed by atoms with Crippen LogP contribution < -0.4 is 20.3 Å². The molecule has 0 atom stereocenters. The summed E-state index contributed by atoms with van der Waals surface area (Å²) in [4.78, 5) is 24.0. The molecule has 3 rings (SSSR count). The number of amides is 2. The number of halogens is 1. The van der Waals surface area contributed by atoms with Crippen LogP contribution in [-0.4, -0.2) is 25.0 Å². The lowest BCUT2D eigenvalue weighted by Crippen LogP contribution is -2.43. The Hall–Kier alpha value is -3.81. The average molecular weight is 398 g/mol. The van der Waals surface area contributed by atoms with Gasteiger partial charge in [-0.3, -0.25) is 20.4 Å². The number of benzene rings is 2. The Morgan fingerprint density at radius 3 is 2.31 bits per heavy atom. The van der Waals surface area contributed by atoms with E-state index in [1.54, 1.807) is 30.3 Å². The highest BCUT2D eigenvalue weighted by molar-refractivity contribution is 5.93. The minimum Gasteiger partial charge on any atom is -0.490 e. The predicted octanol–water partition coefficient (Wildman–Crippen LogP) is 3.32. The molecule has 0 saturated heterocycles. The summed E-state index contributed by atoms with van der Waals surface area (Å²) in [7, 11) is 0. The number of carbonyl (C=O) groups excluding carboxylic acids is 2. The molecule has 2 aromatic carbocycles. The Balaban J connectivity index is 1.50. The number of carbonyl (C=O) groups is 2. The summed E-state index contributed by atoms with van der Waals surface area (Å²) in [6.07, 6.45) is 0. The number of para-hydroxylation sites is 2. The number of rotatable bonds is 7. The third-order valence-corrected chi connectivity index (χ3v) is 3.78. The third-order valence-electron chi connectivity index (χ3n) is 3.78. The molecular formula is C21H19FN2O5. The predicted molar refractivity (Wildman–Crippen MR) is 103 cm³/mol. The molecule has 0 aliphatic carbocycles. The Morgan fingerprint density at radius 2 is 1.62 bits per heavy atom. The van der Waals surface area contributed by atoms with E-state index in [0.717, 1.165) is 0 Å². The second kappa shape index (κ2) is 9.41. The van der Waals surface area contributed by atoms with Gasteiger partial charge in [-0.15, -0.1) is 0 Å². The summed E-state index contributed by atoms with van der Waals surface area (Å²) < 4.78 is 29.3. The van der Waals surface area contributed by atoms with Crippen molar-refractivity contribution >= 4 is 11.8 Å². The topological polar surface area (TPSA) is 89.8 Å². The van der Waals surface area contributed by atoms with Gasteiger partial charge in [-0.1, -0.05) is 12.1 Å². The van der Waals surface area contributed by atoms with Gasteiger partial charge in [0.15, 0.2) is 23.9 Å². The summed E-state index contributed by atoms with van der Waals surface area (Å²) in [6, 6.07) is 15.7. The molecule has 0 aliphatic heterocycles. The summed E-state index contributed by atoms with van der Waals surface area (Å²) in [5.74, 6) is -0.227. The van der Waals surface area contributed by atoms with Crippen molar-refractivity contribution in [2.75, 3.05) is 13.2 Å². The van der Waals surface area contributed by atoms with Crippen molar-refractivity contribution in [3.05, 3.63) is 72.2 Å². The van der Waals surface area contributed by atoms with Gasteiger partial charge in [-0.25, -0.2) is 4.39 Å². The first kappa shape index (κ1) is 19.9. The fourth-order valence-electron chi connectivity index (χ4n) is 2.44. The fourth-order valence-corrected chi connectivity index (χ4v) is 2.44. The van der Waals surface area contributed by atoms with E-state index < -0.39 is 11.8 Å². The van der Waals surface area contributed by atoms with Gasteiger partial charge < -0.3 is 13.9 Å². The monoisotopic (exact) mass is 398 g/mol. The smallest absolute Gasteiger partial charge is 0.305 e. The lowest BCUT2D eigenvalue weighted by molar-refractivity contribution is -0.123. The molecular weight excluding hydrogens is 379 g/mol. The van der Waals surface area contributed by atoms with Crippen LogP contribution in [0.1, 0.15) is 17.5 Å². The third kappa shape index (κ3) is 5.35. The highest BCUT2D eigenvalue weighted by Crippen LogP contribution is 2.26. The van der Waals surface area contributed by atoms with Crippen LogP contribution in [0.2, 0.25) is 0 Å². The van der Waals surface area contributed by atoms with Crippen LogP contribution in [0.3, 0.4) is 0 Å². The summed E-state index contributed by atoms with van der Waals surface area (Å²) in [5, 5.41) is 0. The Bertz CT molecular complexity index is 985. The Labute approximate surface area is 166 Å². The van der Waals surface area contributed by atoms with Gasteiger partial charge in [0.05, 0.1) is 6.61 Å². The van der Waals surface area contributed by atoms with Crippen molar-refractivity contribution in [3.8, 4) is 22.8 Å². The first-order valence-corrected chi connectivity index (χ1v) is 8.86. The first-order chi connectivity index (χ1) is 14.1. The molecule has 0 radical (unpaired) electrons. The maximum atomic E-state index is 13.0. The zero-order valence-corrected chi connectivity index (χ0v) is 15.6. The van der Waals surface area contributed by atoms with Gasteiger partial charge in [-0.2, -0.15) is 0 Å². The quantitative estimate of drug-likeness (QED) is 0.596. The highest BCUT2D eigenvalue weighted by Gasteiger charge is 2.14. The molecule has 0 aliphatic rings. The Morgan fingerprint density at radius 1 is 0.931 bits per heavy atom. The fraction of sp³-hybridized carbons (Fsp3) is 0.143. The van der Waals surface area contributed by atoms with Crippen molar-refractivity contribution < 1.29 is 27.9 Å². The van der Waals surface area contributed by atoms with E-state index in [0.29, 0.717) is 29.4 Å². The van der Waals surface area contributed by atoms with Gasteiger partial charge in [0.2, 0.25) is 0 Å². The van der Waals surface area contributed by atoms with Crippen molar-refractivity contribution in [1.29, 1.82) is 0 Å². The molecule has 0 saturated carbocycles. The van der Waals surface area contributed by atoms with Gasteiger partial charge in [-0.05, 0) is 55.5 Å². The number of hydrazine groups is 1. The molecule has 7 nitrogen and oxygen atoms in total. The first-order valence-electron chi connectivity index (χ1n) is 8.86. The molecule has 2 amide bonds. The lowest BCUT2D eigenvalue weighted by atomic mass is 10.2. The number of hydrogen-bond donors (Lipinski definition) is 2. The van der Waals surface area contributed by atoms with Crippen LogP contribution in [0.5, 0.6) is 11.5 Å². The molecule has 0 spiro atoms. The summed E-state index contributed by atoms with van der Waals surface area (Å²) in [5.41, 5.74) is 5.11. The average Bonchev–Trinajstić information content (AvgIpc) is 3.22. The molecule has 3 aromatic rings. The second-order valence-corrected chi connectivity index (χ2v) is 5.84. The minimum absolute atomic E-state index is 0.00719. The summed E-state index contributed by atoms with van der Waals surface area (Å²) in [6.45, 7) is 1.99. The van der Waals surface area contributed by atoms with E-state index in [2.05, 4.69) is 10.9 Å². The van der Waals surface area contributed by atoms with Gasteiger partial charge in [0.1, 0.15) is 11.6 Å². The molecule has 1 aromatic heterocycles. The standard InChI is InChI=1S/C21H19FN2O5/c1-2-27-17-5-3-4-6-18(17)28-13-20(25)23-24-21(26)19-12-11-16(29-19)14-7-9-15(22)10-8-14/h3-12H,2,13H2,1H3,(H,23,25)(H,24,26). The van der Waals surface area contributed by atoms with Crippen LogP contribution >= 0.6 is 0 Å². The maximum absolute atomic E-state index is 13.0. The molecule has 0 unspecified atom stereocenters. The van der Waals surface area contributed by atoms with E-state index in [-0.39, 0.29) is 18.2 Å². The maximum Gasteiger partial charge on any atom is 0.305 e. The summed E-state index contributed by atoms with van der Waals surface area (Å²) >= 11 is 0. The SMILES string of the molecule is CCOc1ccccc1OCC(=O)NNC(=O)c1ccc(-c2ccc(F)cc2)o1. The van der Waals surface area contributed by atoms with Crippen molar-refractivity contribution in [3.63, 3.8) is 0 Å². The molecule has 29 heavy (non-hydrogen) atoms. The van der Waals surface area contributed by atoms with Gasteiger partial charge in [0.25, 0.3) is 5.91 Å². The number of furan rings is 1. The number of ether oxygens (including phenoxy) is 2. The molecule has 2 N–H and O–H groups in total. The van der Waals surface area contributed by atoms with Crippen LogP contribution in [0, 0.1) is 5.82 Å². The zero-order valence-electron chi connectivity index (χ0n) is 15.6. The molecule has 1 heterocycles.